The Morgan fingerprint density at radius 3 is 2.45 bits per heavy atom. The Morgan fingerprint density at radius 2 is 1.86 bits per heavy atom. The van der Waals surface area contributed by atoms with Crippen LogP contribution in [0.1, 0.15) is 25.8 Å². The van der Waals surface area contributed by atoms with Crippen molar-refractivity contribution in [1.82, 2.24) is 10.6 Å². The molecule has 5 heteroatoms. The van der Waals surface area contributed by atoms with E-state index in [1.54, 1.807) is 14.2 Å². The second kappa shape index (κ2) is 10.9. The average Bonchev–Trinajstić information content (AvgIpc) is 2.52. The van der Waals surface area contributed by atoms with E-state index in [1.165, 1.54) is 5.56 Å². The first kappa shape index (κ1) is 18.3. The van der Waals surface area contributed by atoms with Crippen LogP contribution < -0.4 is 16.0 Å². The molecule has 0 bridgehead atoms. The zero-order chi connectivity index (χ0) is 16.2. The van der Waals surface area contributed by atoms with Crippen LogP contribution >= 0.6 is 0 Å². The Kier molecular flexibility index (Phi) is 9.07. The summed E-state index contributed by atoms with van der Waals surface area (Å²) in [4.78, 5) is 4.24. The molecule has 1 rings (SSSR count). The predicted octanol–water partition coefficient (Wildman–Crippen LogP) is 2.46. The highest BCUT2D eigenvalue weighted by Crippen LogP contribution is 2.09. The summed E-state index contributed by atoms with van der Waals surface area (Å²) >= 11 is 0. The number of guanidine groups is 1. The van der Waals surface area contributed by atoms with Gasteiger partial charge in [0.15, 0.2) is 5.96 Å². The summed E-state index contributed by atoms with van der Waals surface area (Å²) in [5, 5.41) is 9.96. The molecule has 0 aromatic heterocycles. The second-order valence-electron chi connectivity index (χ2n) is 5.65. The SMILES string of the molecule is CN=C(NCCC(C)C)NCc1ccc(NCCOC)cc1. The number of rotatable bonds is 9. The number of benzene rings is 1. The highest BCUT2D eigenvalue weighted by molar-refractivity contribution is 5.79. The van der Waals surface area contributed by atoms with Crippen molar-refractivity contribution in [3.8, 4) is 0 Å². The average molecular weight is 306 g/mol. The lowest BCUT2D eigenvalue weighted by molar-refractivity contribution is 0.211. The molecule has 0 atom stereocenters. The molecule has 0 unspecified atom stereocenters. The molecule has 0 saturated heterocycles. The molecule has 0 aliphatic heterocycles. The van der Waals surface area contributed by atoms with E-state index < -0.39 is 0 Å². The minimum absolute atomic E-state index is 0.698. The second-order valence-corrected chi connectivity index (χ2v) is 5.65. The summed E-state index contributed by atoms with van der Waals surface area (Å²) in [5.41, 5.74) is 2.34. The van der Waals surface area contributed by atoms with E-state index in [4.69, 9.17) is 4.74 Å². The van der Waals surface area contributed by atoms with Crippen LogP contribution in [0.4, 0.5) is 5.69 Å². The topological polar surface area (TPSA) is 57.7 Å². The molecule has 0 amide bonds. The predicted molar refractivity (Wildman–Crippen MR) is 94.5 cm³/mol. The summed E-state index contributed by atoms with van der Waals surface area (Å²) in [5.74, 6) is 1.55. The van der Waals surface area contributed by atoms with E-state index in [-0.39, 0.29) is 0 Å². The normalized spacial score (nSPS) is 11.6. The molecular formula is C17H30N4O. The first-order valence-electron chi connectivity index (χ1n) is 7.92. The van der Waals surface area contributed by atoms with Crippen molar-refractivity contribution in [2.45, 2.75) is 26.8 Å². The van der Waals surface area contributed by atoms with Gasteiger partial charge in [-0.25, -0.2) is 0 Å². The molecule has 0 heterocycles. The smallest absolute Gasteiger partial charge is 0.191 e. The number of nitrogens with zero attached hydrogens (tertiary/aromatic N) is 1. The van der Waals surface area contributed by atoms with Crippen LogP contribution in [0, 0.1) is 5.92 Å². The fraction of sp³-hybridized carbons (Fsp3) is 0.588. The van der Waals surface area contributed by atoms with Gasteiger partial charge in [-0.15, -0.1) is 0 Å². The fourth-order valence-corrected chi connectivity index (χ4v) is 1.92. The zero-order valence-corrected chi connectivity index (χ0v) is 14.3. The highest BCUT2D eigenvalue weighted by Gasteiger charge is 2.00. The van der Waals surface area contributed by atoms with Crippen LogP contribution in [-0.2, 0) is 11.3 Å². The van der Waals surface area contributed by atoms with Gasteiger partial charge in [0.2, 0.25) is 0 Å². The van der Waals surface area contributed by atoms with Crippen molar-refractivity contribution in [2.75, 3.05) is 39.2 Å². The van der Waals surface area contributed by atoms with E-state index in [0.717, 1.165) is 37.7 Å². The fourth-order valence-electron chi connectivity index (χ4n) is 1.92. The third-order valence-corrected chi connectivity index (χ3v) is 3.29. The van der Waals surface area contributed by atoms with Gasteiger partial charge < -0.3 is 20.7 Å². The molecule has 3 N–H and O–H groups in total. The summed E-state index contributed by atoms with van der Waals surface area (Å²) in [6, 6.07) is 8.40. The van der Waals surface area contributed by atoms with Crippen molar-refractivity contribution in [3.05, 3.63) is 29.8 Å². The van der Waals surface area contributed by atoms with Crippen molar-refractivity contribution in [2.24, 2.45) is 10.9 Å². The number of hydrogen-bond donors (Lipinski definition) is 3. The number of methoxy groups -OCH3 is 1. The van der Waals surface area contributed by atoms with Gasteiger partial charge in [-0.2, -0.15) is 0 Å². The molecule has 0 spiro atoms. The number of nitrogens with one attached hydrogen (secondary N) is 3. The molecule has 0 saturated carbocycles. The van der Waals surface area contributed by atoms with Crippen LogP contribution in [0.25, 0.3) is 0 Å². The highest BCUT2D eigenvalue weighted by atomic mass is 16.5. The molecule has 5 nitrogen and oxygen atoms in total. The van der Waals surface area contributed by atoms with Gasteiger partial charge in [0.05, 0.1) is 6.61 Å². The Hall–Kier alpha value is -1.75. The largest absolute Gasteiger partial charge is 0.383 e. The van der Waals surface area contributed by atoms with Gasteiger partial charge in [0.25, 0.3) is 0 Å². The minimum atomic E-state index is 0.698. The minimum Gasteiger partial charge on any atom is -0.383 e. The van der Waals surface area contributed by atoms with E-state index >= 15 is 0 Å². The van der Waals surface area contributed by atoms with Gasteiger partial charge in [-0.3, -0.25) is 4.99 Å². The van der Waals surface area contributed by atoms with Crippen molar-refractivity contribution in [1.29, 1.82) is 0 Å². The lowest BCUT2D eigenvalue weighted by atomic mass is 10.1. The van der Waals surface area contributed by atoms with Gasteiger partial charge in [-0.05, 0) is 30.0 Å². The number of hydrogen-bond acceptors (Lipinski definition) is 3. The maximum atomic E-state index is 5.02. The first-order valence-corrected chi connectivity index (χ1v) is 7.92. The molecule has 0 radical (unpaired) electrons. The number of anilines is 1. The van der Waals surface area contributed by atoms with Gasteiger partial charge in [0.1, 0.15) is 0 Å². The Labute approximate surface area is 134 Å². The van der Waals surface area contributed by atoms with E-state index in [0.29, 0.717) is 12.5 Å². The standard InChI is InChI=1S/C17H30N4O/c1-14(2)9-10-20-17(18-3)21-13-15-5-7-16(8-6-15)19-11-12-22-4/h5-8,14,19H,9-13H2,1-4H3,(H2,18,20,21). The third kappa shape index (κ3) is 7.88. The lowest BCUT2D eigenvalue weighted by Crippen LogP contribution is -2.37. The monoisotopic (exact) mass is 306 g/mol. The van der Waals surface area contributed by atoms with Gasteiger partial charge in [0, 0.05) is 39.5 Å². The third-order valence-electron chi connectivity index (χ3n) is 3.29. The maximum Gasteiger partial charge on any atom is 0.191 e. The Balaban J connectivity index is 2.33. The molecule has 1 aromatic carbocycles. The van der Waals surface area contributed by atoms with E-state index in [9.17, 15) is 0 Å². The molecule has 22 heavy (non-hydrogen) atoms. The van der Waals surface area contributed by atoms with Crippen LogP contribution in [-0.4, -0.2) is 39.8 Å². The van der Waals surface area contributed by atoms with Crippen LogP contribution in [0.2, 0.25) is 0 Å². The molecule has 0 fully saturated rings. The Morgan fingerprint density at radius 1 is 1.14 bits per heavy atom. The summed E-state index contributed by atoms with van der Waals surface area (Å²) in [6.07, 6.45) is 1.14. The maximum absolute atomic E-state index is 5.02. The van der Waals surface area contributed by atoms with Crippen LogP contribution in [0.3, 0.4) is 0 Å². The molecule has 1 aromatic rings. The van der Waals surface area contributed by atoms with Crippen molar-refractivity contribution < 1.29 is 4.74 Å². The summed E-state index contributed by atoms with van der Waals surface area (Å²) in [7, 11) is 3.51. The van der Waals surface area contributed by atoms with Crippen molar-refractivity contribution in [3.63, 3.8) is 0 Å². The van der Waals surface area contributed by atoms with Crippen LogP contribution in [0.5, 0.6) is 0 Å². The van der Waals surface area contributed by atoms with E-state index in [1.807, 2.05) is 0 Å². The quantitative estimate of drug-likeness (QED) is 0.373. The van der Waals surface area contributed by atoms with E-state index in [2.05, 4.69) is 59.1 Å². The summed E-state index contributed by atoms with van der Waals surface area (Å²) < 4.78 is 5.02. The van der Waals surface area contributed by atoms with Crippen LogP contribution in [0.15, 0.2) is 29.3 Å². The Bertz CT molecular complexity index is 429. The van der Waals surface area contributed by atoms with Crippen molar-refractivity contribution >= 4 is 11.6 Å². The van der Waals surface area contributed by atoms with Gasteiger partial charge in [-0.1, -0.05) is 26.0 Å². The summed E-state index contributed by atoms with van der Waals surface area (Å²) in [6.45, 7) is 7.68. The number of ether oxygens (including phenoxy) is 1. The molecule has 0 aliphatic rings. The lowest BCUT2D eigenvalue weighted by Gasteiger charge is -2.13. The molecular weight excluding hydrogens is 276 g/mol. The van der Waals surface area contributed by atoms with Gasteiger partial charge >= 0.3 is 0 Å². The first-order chi connectivity index (χ1) is 10.7. The molecule has 124 valence electrons. The number of aliphatic imine (C=N–C) groups is 1. The molecule has 0 aliphatic carbocycles. The zero-order valence-electron chi connectivity index (χ0n) is 14.3.